The molecular formula is C20H18FN7O. The van der Waals surface area contributed by atoms with Crippen LogP contribution in [-0.2, 0) is 11.2 Å². The van der Waals surface area contributed by atoms with Gasteiger partial charge in [-0.05, 0) is 36.4 Å². The first-order valence-electron chi connectivity index (χ1n) is 9.26. The Balaban J connectivity index is 1.68. The minimum Gasteiger partial charge on any atom is -0.369 e. The van der Waals surface area contributed by atoms with Crippen LogP contribution in [0.3, 0.4) is 0 Å². The van der Waals surface area contributed by atoms with Crippen molar-refractivity contribution in [3.05, 3.63) is 60.4 Å². The van der Waals surface area contributed by atoms with Crippen molar-refractivity contribution in [2.75, 3.05) is 13.1 Å². The van der Waals surface area contributed by atoms with Crippen LogP contribution in [0.4, 0.5) is 4.39 Å². The Morgan fingerprint density at radius 3 is 2.66 bits per heavy atom. The summed E-state index contributed by atoms with van der Waals surface area (Å²) in [6.45, 7) is 1.68. The highest BCUT2D eigenvalue weighted by molar-refractivity contribution is 5.78. The van der Waals surface area contributed by atoms with Crippen LogP contribution >= 0.6 is 0 Å². The third kappa shape index (κ3) is 3.05. The summed E-state index contributed by atoms with van der Waals surface area (Å²) in [5.74, 6) is -0.747. The van der Waals surface area contributed by atoms with Crippen molar-refractivity contribution in [1.29, 1.82) is 0 Å². The molecule has 0 bridgehead atoms. The average Bonchev–Trinajstić information content (AvgIpc) is 3.25. The van der Waals surface area contributed by atoms with Crippen molar-refractivity contribution in [2.45, 2.75) is 12.5 Å². The zero-order valence-corrected chi connectivity index (χ0v) is 15.4. The third-order valence-electron chi connectivity index (χ3n) is 5.10. The lowest BCUT2D eigenvalue weighted by molar-refractivity contribution is -0.117. The normalized spacial score (nSPS) is 14.2. The largest absolute Gasteiger partial charge is 0.369 e. The van der Waals surface area contributed by atoms with Gasteiger partial charge in [0, 0.05) is 18.7 Å². The van der Waals surface area contributed by atoms with E-state index in [1.807, 2.05) is 12.1 Å². The number of rotatable bonds is 5. The molecule has 3 aromatic heterocycles. The van der Waals surface area contributed by atoms with Gasteiger partial charge in [-0.1, -0.05) is 0 Å². The van der Waals surface area contributed by atoms with Gasteiger partial charge in [0.15, 0.2) is 5.65 Å². The Labute approximate surface area is 165 Å². The summed E-state index contributed by atoms with van der Waals surface area (Å²) in [5, 5.41) is 7.99. The predicted octanol–water partition coefficient (Wildman–Crippen LogP) is 1.57. The van der Waals surface area contributed by atoms with E-state index in [9.17, 15) is 9.18 Å². The van der Waals surface area contributed by atoms with Crippen LogP contribution in [0, 0.1) is 5.82 Å². The predicted molar refractivity (Wildman–Crippen MR) is 104 cm³/mol. The fraction of sp³-hybridized carbons (Fsp3) is 0.200. The van der Waals surface area contributed by atoms with Crippen molar-refractivity contribution in [3.8, 4) is 22.6 Å². The first-order valence-corrected chi connectivity index (χ1v) is 9.26. The van der Waals surface area contributed by atoms with Crippen molar-refractivity contribution < 1.29 is 9.18 Å². The molecule has 29 heavy (non-hydrogen) atoms. The van der Waals surface area contributed by atoms with Gasteiger partial charge in [0.05, 0.1) is 42.1 Å². The highest BCUT2D eigenvalue weighted by Gasteiger charge is 2.26. The SMILES string of the molecule is NC(=O)Cc1cnc2ccc(-c3c(-c4ccc(F)cc4)ncn3C3CNC3)nn12. The molecule has 4 aromatic rings. The van der Waals surface area contributed by atoms with Crippen molar-refractivity contribution in [3.63, 3.8) is 0 Å². The molecule has 0 spiro atoms. The van der Waals surface area contributed by atoms with Crippen LogP contribution in [0.5, 0.6) is 0 Å². The highest BCUT2D eigenvalue weighted by atomic mass is 19.1. The Morgan fingerprint density at radius 2 is 1.97 bits per heavy atom. The second kappa shape index (κ2) is 6.78. The summed E-state index contributed by atoms with van der Waals surface area (Å²) in [6.07, 6.45) is 3.45. The topological polar surface area (TPSA) is 103 Å². The zero-order valence-electron chi connectivity index (χ0n) is 15.4. The van der Waals surface area contributed by atoms with Crippen LogP contribution in [0.2, 0.25) is 0 Å². The van der Waals surface area contributed by atoms with Gasteiger partial charge in [0.1, 0.15) is 11.5 Å². The number of primary amides is 1. The number of hydrogen-bond donors (Lipinski definition) is 2. The van der Waals surface area contributed by atoms with E-state index >= 15 is 0 Å². The summed E-state index contributed by atoms with van der Waals surface area (Å²) in [6, 6.07) is 10.2. The first-order chi connectivity index (χ1) is 14.1. The molecule has 1 amide bonds. The lowest BCUT2D eigenvalue weighted by Gasteiger charge is -2.29. The molecule has 1 aliphatic heterocycles. The number of nitrogens with one attached hydrogen (secondary N) is 1. The fourth-order valence-corrected chi connectivity index (χ4v) is 3.53. The average molecular weight is 391 g/mol. The van der Waals surface area contributed by atoms with Gasteiger partial charge < -0.3 is 15.6 Å². The first kappa shape index (κ1) is 17.5. The van der Waals surface area contributed by atoms with E-state index in [1.54, 1.807) is 29.2 Å². The number of fused-ring (bicyclic) bond motifs is 1. The Morgan fingerprint density at radius 1 is 1.17 bits per heavy atom. The molecule has 8 nitrogen and oxygen atoms in total. The molecule has 5 rings (SSSR count). The van der Waals surface area contributed by atoms with Gasteiger partial charge in [-0.3, -0.25) is 4.79 Å². The molecule has 0 aliphatic carbocycles. The molecule has 3 N–H and O–H groups in total. The number of carbonyl (C=O) groups is 1. The second-order valence-electron chi connectivity index (χ2n) is 7.05. The van der Waals surface area contributed by atoms with Gasteiger partial charge in [-0.25, -0.2) is 18.9 Å². The maximum Gasteiger partial charge on any atom is 0.223 e. The molecule has 0 unspecified atom stereocenters. The van der Waals surface area contributed by atoms with Gasteiger partial charge in [0.2, 0.25) is 5.91 Å². The molecule has 1 saturated heterocycles. The molecule has 4 heterocycles. The summed E-state index contributed by atoms with van der Waals surface area (Å²) < 4.78 is 17.1. The standard InChI is InChI=1S/C20H18FN7O/c21-13-3-1-12(2-4-13)19-20(27(11-25-19)15-8-23-9-15)16-5-6-18-24-10-14(7-17(22)29)28(18)26-16/h1-6,10-11,15,23H,7-9H2,(H2,22,29). The number of nitrogens with two attached hydrogens (primary N) is 1. The van der Waals surface area contributed by atoms with E-state index in [0.29, 0.717) is 17.0 Å². The summed E-state index contributed by atoms with van der Waals surface area (Å²) >= 11 is 0. The fourth-order valence-electron chi connectivity index (χ4n) is 3.53. The third-order valence-corrected chi connectivity index (χ3v) is 5.10. The summed E-state index contributed by atoms with van der Waals surface area (Å²) in [7, 11) is 0. The van der Waals surface area contributed by atoms with E-state index in [1.165, 1.54) is 12.1 Å². The van der Waals surface area contributed by atoms with E-state index in [0.717, 1.165) is 30.0 Å². The highest BCUT2D eigenvalue weighted by Crippen LogP contribution is 2.33. The molecule has 1 fully saturated rings. The van der Waals surface area contributed by atoms with Gasteiger partial charge in [-0.15, -0.1) is 0 Å². The maximum absolute atomic E-state index is 13.4. The lowest BCUT2D eigenvalue weighted by atomic mass is 10.1. The van der Waals surface area contributed by atoms with Crippen molar-refractivity contribution in [2.24, 2.45) is 5.73 Å². The van der Waals surface area contributed by atoms with E-state index < -0.39 is 5.91 Å². The monoisotopic (exact) mass is 391 g/mol. The number of hydrogen-bond acceptors (Lipinski definition) is 5. The van der Waals surface area contributed by atoms with Gasteiger partial charge in [-0.2, -0.15) is 5.10 Å². The summed E-state index contributed by atoms with van der Waals surface area (Å²) in [5.41, 5.74) is 9.65. The van der Waals surface area contributed by atoms with E-state index in [4.69, 9.17) is 10.8 Å². The molecular weight excluding hydrogens is 373 g/mol. The number of halogens is 1. The Kier molecular flexibility index (Phi) is 4.09. The minimum atomic E-state index is -0.448. The maximum atomic E-state index is 13.4. The van der Waals surface area contributed by atoms with Gasteiger partial charge >= 0.3 is 0 Å². The molecule has 9 heteroatoms. The van der Waals surface area contributed by atoms with Crippen LogP contribution in [0.25, 0.3) is 28.3 Å². The lowest BCUT2D eigenvalue weighted by Crippen LogP contribution is -2.43. The number of carbonyl (C=O) groups excluding carboxylic acids is 1. The van der Waals surface area contributed by atoms with Crippen LogP contribution in [0.1, 0.15) is 11.7 Å². The van der Waals surface area contributed by atoms with Crippen molar-refractivity contribution >= 4 is 11.6 Å². The smallest absolute Gasteiger partial charge is 0.223 e. The van der Waals surface area contributed by atoms with E-state index in [2.05, 4.69) is 19.9 Å². The Bertz CT molecular complexity index is 1210. The second-order valence-corrected chi connectivity index (χ2v) is 7.05. The molecule has 0 saturated carbocycles. The van der Waals surface area contributed by atoms with Crippen LogP contribution in [-0.4, -0.2) is 43.1 Å². The number of benzene rings is 1. The van der Waals surface area contributed by atoms with Crippen LogP contribution < -0.4 is 11.1 Å². The quantitative estimate of drug-likeness (QED) is 0.538. The van der Waals surface area contributed by atoms with Gasteiger partial charge in [0.25, 0.3) is 0 Å². The van der Waals surface area contributed by atoms with Crippen molar-refractivity contribution in [1.82, 2.24) is 29.5 Å². The molecule has 0 atom stereocenters. The number of aromatic nitrogens is 5. The number of nitrogens with zero attached hydrogens (tertiary/aromatic N) is 5. The molecule has 1 aliphatic rings. The Hall–Kier alpha value is -3.59. The zero-order chi connectivity index (χ0) is 20.0. The molecule has 1 aromatic carbocycles. The minimum absolute atomic E-state index is 0.0498. The summed E-state index contributed by atoms with van der Waals surface area (Å²) in [4.78, 5) is 20.3. The van der Waals surface area contributed by atoms with E-state index in [-0.39, 0.29) is 18.3 Å². The molecule has 0 radical (unpaired) electrons. The number of amides is 1. The van der Waals surface area contributed by atoms with Crippen LogP contribution in [0.15, 0.2) is 48.9 Å². The number of imidazole rings is 2. The molecule has 146 valence electrons.